The average molecular weight is 521 g/mol. The van der Waals surface area contributed by atoms with Crippen molar-refractivity contribution >= 4 is 17.4 Å². The highest BCUT2D eigenvalue weighted by Crippen LogP contribution is 2.40. The number of aromatic nitrogens is 1. The van der Waals surface area contributed by atoms with Crippen molar-refractivity contribution in [1.82, 2.24) is 9.88 Å². The van der Waals surface area contributed by atoms with Gasteiger partial charge < -0.3 is 19.5 Å². The summed E-state index contributed by atoms with van der Waals surface area (Å²) < 4.78 is 11.6. The summed E-state index contributed by atoms with van der Waals surface area (Å²) in [5.41, 5.74) is 3.03. The van der Waals surface area contributed by atoms with Gasteiger partial charge in [-0.15, -0.1) is 0 Å². The second-order valence-electron chi connectivity index (χ2n) is 9.19. The number of rotatable bonds is 9. The number of carbonyl (C=O) groups is 2. The molecule has 196 valence electrons. The SMILES string of the molecule is Cc1ccccc1OCCOc1ccc(C2C(=C(O)c3ccccc3)C(=O)C(=O)N2Cc2cccnc2)cc1. The average Bonchev–Trinajstić information content (AvgIpc) is 3.22. The van der Waals surface area contributed by atoms with E-state index >= 15 is 0 Å². The summed E-state index contributed by atoms with van der Waals surface area (Å²) in [7, 11) is 0. The number of ketones is 1. The number of hydrogen-bond acceptors (Lipinski definition) is 6. The number of aryl methyl sites for hydroxylation is 1. The van der Waals surface area contributed by atoms with Crippen molar-refractivity contribution in [2.24, 2.45) is 0 Å². The standard InChI is InChI=1S/C32H28N2O5/c1-22-8-5-6-12-27(22)39-19-18-38-26-15-13-24(14-16-26)29-28(30(35)25-10-3-2-4-11-25)31(36)32(37)34(29)21-23-9-7-17-33-20-23/h2-17,20,29,35H,18-19,21H2,1H3. The van der Waals surface area contributed by atoms with Crippen LogP contribution < -0.4 is 9.47 Å². The van der Waals surface area contributed by atoms with E-state index in [0.29, 0.717) is 30.1 Å². The van der Waals surface area contributed by atoms with E-state index in [-0.39, 0.29) is 17.9 Å². The molecule has 7 nitrogen and oxygen atoms in total. The summed E-state index contributed by atoms with van der Waals surface area (Å²) in [6.45, 7) is 2.89. The zero-order valence-electron chi connectivity index (χ0n) is 21.5. The Hall–Kier alpha value is -4.91. The Morgan fingerprint density at radius 2 is 1.59 bits per heavy atom. The van der Waals surface area contributed by atoms with Crippen molar-refractivity contribution in [1.29, 1.82) is 0 Å². The number of para-hydroxylation sites is 1. The van der Waals surface area contributed by atoms with Crippen LogP contribution in [0.4, 0.5) is 0 Å². The van der Waals surface area contributed by atoms with Crippen LogP contribution in [0.5, 0.6) is 11.5 Å². The van der Waals surface area contributed by atoms with Gasteiger partial charge in [-0.1, -0.05) is 66.7 Å². The molecule has 0 aliphatic carbocycles. The maximum absolute atomic E-state index is 13.2. The third kappa shape index (κ3) is 5.67. The van der Waals surface area contributed by atoms with Gasteiger partial charge in [-0.25, -0.2) is 0 Å². The molecule has 1 fully saturated rings. The van der Waals surface area contributed by atoms with E-state index in [0.717, 1.165) is 16.9 Å². The second kappa shape index (κ2) is 11.6. The number of aliphatic hydroxyl groups excluding tert-OH is 1. The van der Waals surface area contributed by atoms with E-state index in [1.807, 2.05) is 55.5 Å². The molecule has 1 atom stereocenters. The van der Waals surface area contributed by atoms with E-state index in [1.165, 1.54) is 4.90 Å². The lowest BCUT2D eigenvalue weighted by atomic mass is 9.95. The molecule has 1 amide bonds. The van der Waals surface area contributed by atoms with Crippen LogP contribution >= 0.6 is 0 Å². The van der Waals surface area contributed by atoms with Crippen LogP contribution in [-0.2, 0) is 16.1 Å². The molecule has 1 saturated heterocycles. The predicted octanol–water partition coefficient (Wildman–Crippen LogP) is 5.47. The van der Waals surface area contributed by atoms with E-state index < -0.39 is 17.7 Å². The molecule has 3 aromatic carbocycles. The number of amides is 1. The van der Waals surface area contributed by atoms with Gasteiger partial charge in [0.2, 0.25) is 0 Å². The Morgan fingerprint density at radius 3 is 2.31 bits per heavy atom. The number of nitrogens with zero attached hydrogens (tertiary/aromatic N) is 2. The monoisotopic (exact) mass is 520 g/mol. The Labute approximate surface area is 227 Å². The number of ether oxygens (including phenoxy) is 2. The molecule has 1 aliphatic heterocycles. The first-order valence-corrected chi connectivity index (χ1v) is 12.7. The molecule has 0 saturated carbocycles. The molecule has 1 unspecified atom stereocenters. The molecule has 1 aromatic heterocycles. The quantitative estimate of drug-likeness (QED) is 0.136. The van der Waals surface area contributed by atoms with Crippen LogP contribution in [0.25, 0.3) is 5.76 Å². The van der Waals surface area contributed by atoms with E-state index in [9.17, 15) is 14.7 Å². The number of Topliss-reactive ketones (excluding diaryl/α,β-unsaturated/α-hetero) is 1. The molecule has 4 aromatic rings. The highest BCUT2D eigenvalue weighted by molar-refractivity contribution is 6.46. The van der Waals surface area contributed by atoms with Gasteiger partial charge in [0.25, 0.3) is 11.7 Å². The number of pyridine rings is 1. The normalized spacial score (nSPS) is 16.3. The van der Waals surface area contributed by atoms with Gasteiger partial charge in [0.05, 0.1) is 11.6 Å². The fourth-order valence-electron chi connectivity index (χ4n) is 4.61. The number of aliphatic hydroxyl groups is 1. The fourth-order valence-corrected chi connectivity index (χ4v) is 4.61. The number of hydrogen-bond donors (Lipinski definition) is 1. The van der Waals surface area contributed by atoms with Crippen molar-refractivity contribution in [3.8, 4) is 11.5 Å². The molecule has 7 heteroatoms. The smallest absolute Gasteiger partial charge is 0.295 e. The highest BCUT2D eigenvalue weighted by atomic mass is 16.5. The molecule has 1 aliphatic rings. The zero-order valence-corrected chi connectivity index (χ0v) is 21.5. The van der Waals surface area contributed by atoms with Crippen molar-refractivity contribution in [3.05, 3.63) is 131 Å². The first-order chi connectivity index (χ1) is 19.0. The summed E-state index contributed by atoms with van der Waals surface area (Å²) in [5, 5.41) is 11.2. The van der Waals surface area contributed by atoms with Crippen LogP contribution in [0.1, 0.15) is 28.3 Å². The molecular weight excluding hydrogens is 492 g/mol. The van der Waals surface area contributed by atoms with Crippen molar-refractivity contribution in [2.75, 3.05) is 13.2 Å². The lowest BCUT2D eigenvalue weighted by molar-refractivity contribution is -0.140. The Kier molecular flexibility index (Phi) is 7.68. The first-order valence-electron chi connectivity index (χ1n) is 12.7. The first kappa shape index (κ1) is 25.7. The van der Waals surface area contributed by atoms with Gasteiger partial charge in [0.1, 0.15) is 30.5 Å². The summed E-state index contributed by atoms with van der Waals surface area (Å²) in [6, 6.07) is 26.6. The van der Waals surface area contributed by atoms with Crippen molar-refractivity contribution in [3.63, 3.8) is 0 Å². The lowest BCUT2D eigenvalue weighted by Crippen LogP contribution is -2.29. The Balaban J connectivity index is 1.39. The van der Waals surface area contributed by atoms with E-state index in [2.05, 4.69) is 4.98 Å². The molecule has 0 bridgehead atoms. The maximum atomic E-state index is 13.2. The summed E-state index contributed by atoms with van der Waals surface area (Å²) in [6.07, 6.45) is 3.30. The number of likely N-dealkylation sites (tertiary alicyclic amines) is 1. The van der Waals surface area contributed by atoms with Gasteiger partial charge in [-0.3, -0.25) is 14.6 Å². The van der Waals surface area contributed by atoms with Crippen LogP contribution in [0.3, 0.4) is 0 Å². The molecule has 0 spiro atoms. The van der Waals surface area contributed by atoms with Gasteiger partial charge in [-0.05, 0) is 47.9 Å². The van der Waals surface area contributed by atoms with Crippen LogP contribution in [-0.4, -0.2) is 39.9 Å². The minimum Gasteiger partial charge on any atom is -0.507 e. The molecule has 39 heavy (non-hydrogen) atoms. The van der Waals surface area contributed by atoms with Gasteiger partial charge in [0, 0.05) is 24.5 Å². The van der Waals surface area contributed by atoms with E-state index in [1.54, 1.807) is 54.9 Å². The third-order valence-corrected chi connectivity index (χ3v) is 6.56. The van der Waals surface area contributed by atoms with Gasteiger partial charge in [-0.2, -0.15) is 0 Å². The Morgan fingerprint density at radius 1 is 0.872 bits per heavy atom. The van der Waals surface area contributed by atoms with Crippen LogP contribution in [0.2, 0.25) is 0 Å². The number of benzene rings is 3. The second-order valence-corrected chi connectivity index (χ2v) is 9.19. The van der Waals surface area contributed by atoms with E-state index in [4.69, 9.17) is 9.47 Å². The molecular formula is C32H28N2O5. The summed E-state index contributed by atoms with van der Waals surface area (Å²) >= 11 is 0. The third-order valence-electron chi connectivity index (χ3n) is 6.56. The summed E-state index contributed by atoms with van der Waals surface area (Å²) in [5.74, 6) is -0.159. The maximum Gasteiger partial charge on any atom is 0.295 e. The lowest BCUT2D eigenvalue weighted by Gasteiger charge is -2.25. The Bertz CT molecular complexity index is 1480. The number of carbonyl (C=O) groups excluding carboxylic acids is 2. The van der Waals surface area contributed by atoms with Gasteiger partial charge in [0.15, 0.2) is 0 Å². The molecule has 5 rings (SSSR count). The largest absolute Gasteiger partial charge is 0.507 e. The minimum atomic E-state index is -0.774. The molecule has 1 N–H and O–H groups in total. The van der Waals surface area contributed by atoms with Crippen LogP contribution in [0, 0.1) is 6.92 Å². The minimum absolute atomic E-state index is 0.0513. The highest BCUT2D eigenvalue weighted by Gasteiger charge is 2.46. The van der Waals surface area contributed by atoms with Crippen molar-refractivity contribution in [2.45, 2.75) is 19.5 Å². The molecule has 0 radical (unpaired) electrons. The topological polar surface area (TPSA) is 89.0 Å². The van der Waals surface area contributed by atoms with Crippen LogP contribution in [0.15, 0.2) is 109 Å². The van der Waals surface area contributed by atoms with Gasteiger partial charge >= 0.3 is 0 Å². The zero-order chi connectivity index (χ0) is 27.2. The fraction of sp³-hybridized carbons (Fsp3) is 0.156. The van der Waals surface area contributed by atoms with Crippen molar-refractivity contribution < 1.29 is 24.2 Å². The predicted molar refractivity (Wildman–Crippen MR) is 147 cm³/mol. The summed E-state index contributed by atoms with van der Waals surface area (Å²) in [4.78, 5) is 32.0. The molecule has 2 heterocycles.